The Balaban J connectivity index is 2.94. The van der Waals surface area contributed by atoms with Crippen molar-refractivity contribution in [3.05, 3.63) is 18.2 Å². The van der Waals surface area contributed by atoms with Crippen LogP contribution >= 0.6 is 0 Å². The number of urea groups is 1. The average molecular weight is 280 g/mol. The topological polar surface area (TPSA) is 50.8 Å². The Hall–Kier alpha value is -1.91. The molecule has 112 valence electrons. The summed E-state index contributed by atoms with van der Waals surface area (Å²) in [5, 5.41) is 2.88. The van der Waals surface area contributed by atoms with E-state index < -0.39 is 0 Å². The second-order valence-electron chi connectivity index (χ2n) is 5.09. The predicted molar refractivity (Wildman–Crippen MR) is 80.7 cm³/mol. The van der Waals surface area contributed by atoms with Crippen molar-refractivity contribution in [3.8, 4) is 11.5 Å². The molecule has 0 aromatic heterocycles. The van der Waals surface area contributed by atoms with Gasteiger partial charge < -0.3 is 19.7 Å². The second-order valence-corrected chi connectivity index (χ2v) is 5.09. The molecule has 1 aromatic rings. The van der Waals surface area contributed by atoms with Gasteiger partial charge in [-0.3, -0.25) is 0 Å². The van der Waals surface area contributed by atoms with E-state index in [0.717, 1.165) is 0 Å². The number of methoxy groups -OCH3 is 2. The molecule has 2 amide bonds. The summed E-state index contributed by atoms with van der Waals surface area (Å²) < 4.78 is 10.4. The van der Waals surface area contributed by atoms with Gasteiger partial charge in [-0.2, -0.15) is 0 Å². The summed E-state index contributed by atoms with van der Waals surface area (Å²) in [6.45, 7) is 7.96. The number of rotatable bonds is 5. The van der Waals surface area contributed by atoms with Gasteiger partial charge >= 0.3 is 6.03 Å². The smallest absolute Gasteiger partial charge is 0.322 e. The minimum Gasteiger partial charge on any atom is -0.497 e. The molecule has 0 fully saturated rings. The Kier molecular flexibility index (Phi) is 5.67. The zero-order valence-corrected chi connectivity index (χ0v) is 13.1. The fraction of sp³-hybridized carbons (Fsp3) is 0.533. The lowest BCUT2D eigenvalue weighted by Crippen LogP contribution is -2.44. The SMILES string of the molecule is COc1ccc(NC(=O)N(C(C)C)C(C)C)c(OC)c1. The van der Waals surface area contributed by atoms with E-state index in [-0.39, 0.29) is 18.1 Å². The van der Waals surface area contributed by atoms with E-state index in [1.54, 1.807) is 37.3 Å². The van der Waals surface area contributed by atoms with Gasteiger partial charge in [-0.05, 0) is 39.8 Å². The Morgan fingerprint density at radius 2 is 1.70 bits per heavy atom. The molecule has 0 spiro atoms. The van der Waals surface area contributed by atoms with Crippen LogP contribution in [0, 0.1) is 0 Å². The molecule has 0 aliphatic rings. The van der Waals surface area contributed by atoms with Crippen LogP contribution in [0.2, 0.25) is 0 Å². The van der Waals surface area contributed by atoms with E-state index in [9.17, 15) is 4.79 Å². The molecule has 0 aliphatic carbocycles. The molecule has 5 heteroatoms. The minimum absolute atomic E-state index is 0.124. The standard InChI is InChI=1S/C15H24N2O3/c1-10(2)17(11(3)4)15(18)16-13-8-7-12(19-5)9-14(13)20-6/h7-11H,1-6H3,(H,16,18). The number of nitrogens with one attached hydrogen (secondary N) is 1. The van der Waals surface area contributed by atoms with Gasteiger partial charge in [-0.25, -0.2) is 4.79 Å². The molecule has 0 aliphatic heterocycles. The fourth-order valence-corrected chi connectivity index (χ4v) is 2.15. The van der Waals surface area contributed by atoms with Crippen molar-refractivity contribution in [1.29, 1.82) is 0 Å². The number of hydrogen-bond donors (Lipinski definition) is 1. The van der Waals surface area contributed by atoms with Crippen molar-refractivity contribution >= 4 is 11.7 Å². The van der Waals surface area contributed by atoms with Gasteiger partial charge in [0.05, 0.1) is 19.9 Å². The minimum atomic E-state index is -0.140. The van der Waals surface area contributed by atoms with Gasteiger partial charge in [-0.1, -0.05) is 0 Å². The van der Waals surface area contributed by atoms with Gasteiger partial charge in [0.15, 0.2) is 0 Å². The molecule has 20 heavy (non-hydrogen) atoms. The molecule has 5 nitrogen and oxygen atoms in total. The van der Waals surface area contributed by atoms with Crippen LogP contribution in [0.4, 0.5) is 10.5 Å². The Morgan fingerprint density at radius 3 is 2.15 bits per heavy atom. The van der Waals surface area contributed by atoms with Crippen molar-refractivity contribution in [2.75, 3.05) is 19.5 Å². The summed E-state index contributed by atoms with van der Waals surface area (Å²) >= 11 is 0. The number of benzene rings is 1. The number of carbonyl (C=O) groups is 1. The molecule has 1 aromatic carbocycles. The van der Waals surface area contributed by atoms with Crippen LogP contribution in [0.25, 0.3) is 0 Å². The van der Waals surface area contributed by atoms with E-state index in [0.29, 0.717) is 17.2 Å². The highest BCUT2D eigenvalue weighted by molar-refractivity contribution is 5.91. The molecule has 0 saturated carbocycles. The predicted octanol–water partition coefficient (Wildman–Crippen LogP) is 3.35. The Labute approximate surface area is 120 Å². The van der Waals surface area contributed by atoms with E-state index in [4.69, 9.17) is 9.47 Å². The summed E-state index contributed by atoms with van der Waals surface area (Å²) in [7, 11) is 3.15. The first-order chi connectivity index (χ1) is 9.40. The summed E-state index contributed by atoms with van der Waals surface area (Å²) in [4.78, 5) is 14.1. The van der Waals surface area contributed by atoms with Crippen LogP contribution in [0.5, 0.6) is 11.5 Å². The first-order valence-electron chi connectivity index (χ1n) is 6.72. The Bertz CT molecular complexity index is 450. The molecule has 0 heterocycles. The summed E-state index contributed by atoms with van der Waals surface area (Å²) in [5.74, 6) is 1.26. The summed E-state index contributed by atoms with van der Waals surface area (Å²) in [6, 6.07) is 5.41. The monoisotopic (exact) mass is 280 g/mol. The van der Waals surface area contributed by atoms with Crippen LogP contribution in [-0.2, 0) is 0 Å². The maximum Gasteiger partial charge on any atom is 0.322 e. The molecular weight excluding hydrogens is 256 g/mol. The number of carbonyl (C=O) groups excluding carboxylic acids is 1. The van der Waals surface area contributed by atoms with Gasteiger partial charge in [-0.15, -0.1) is 0 Å². The third kappa shape index (κ3) is 3.79. The van der Waals surface area contributed by atoms with Crippen LogP contribution in [0.3, 0.4) is 0 Å². The van der Waals surface area contributed by atoms with Gasteiger partial charge in [0.2, 0.25) is 0 Å². The molecule has 0 radical (unpaired) electrons. The van der Waals surface area contributed by atoms with Gasteiger partial charge in [0, 0.05) is 18.2 Å². The third-order valence-corrected chi connectivity index (χ3v) is 3.00. The van der Waals surface area contributed by atoms with Crippen molar-refractivity contribution in [2.24, 2.45) is 0 Å². The van der Waals surface area contributed by atoms with E-state index in [1.165, 1.54) is 0 Å². The lowest BCUT2D eigenvalue weighted by molar-refractivity contribution is 0.178. The molecule has 1 rings (SSSR count). The van der Waals surface area contributed by atoms with E-state index >= 15 is 0 Å². The van der Waals surface area contributed by atoms with Crippen LogP contribution in [0.1, 0.15) is 27.7 Å². The van der Waals surface area contributed by atoms with Crippen molar-refractivity contribution in [1.82, 2.24) is 4.90 Å². The zero-order valence-electron chi connectivity index (χ0n) is 13.1. The Morgan fingerprint density at radius 1 is 1.10 bits per heavy atom. The van der Waals surface area contributed by atoms with Crippen LogP contribution < -0.4 is 14.8 Å². The maximum atomic E-state index is 12.3. The lowest BCUT2D eigenvalue weighted by Gasteiger charge is -2.31. The number of hydrogen-bond acceptors (Lipinski definition) is 3. The quantitative estimate of drug-likeness (QED) is 0.899. The van der Waals surface area contributed by atoms with Crippen molar-refractivity contribution < 1.29 is 14.3 Å². The molecule has 0 saturated heterocycles. The van der Waals surface area contributed by atoms with Gasteiger partial charge in [0.1, 0.15) is 11.5 Å². The molecule has 0 bridgehead atoms. The maximum absolute atomic E-state index is 12.3. The molecule has 0 atom stereocenters. The number of ether oxygens (including phenoxy) is 2. The number of amides is 2. The van der Waals surface area contributed by atoms with E-state index in [1.807, 2.05) is 27.7 Å². The normalized spacial score (nSPS) is 10.6. The highest BCUT2D eigenvalue weighted by Crippen LogP contribution is 2.29. The average Bonchev–Trinajstić information content (AvgIpc) is 2.38. The number of nitrogens with zero attached hydrogens (tertiary/aromatic N) is 1. The summed E-state index contributed by atoms with van der Waals surface area (Å²) in [5.41, 5.74) is 0.629. The fourth-order valence-electron chi connectivity index (χ4n) is 2.15. The second kappa shape index (κ2) is 7.03. The zero-order chi connectivity index (χ0) is 15.3. The third-order valence-electron chi connectivity index (χ3n) is 3.00. The van der Waals surface area contributed by atoms with Crippen molar-refractivity contribution in [2.45, 2.75) is 39.8 Å². The highest BCUT2D eigenvalue weighted by atomic mass is 16.5. The van der Waals surface area contributed by atoms with Crippen molar-refractivity contribution in [3.63, 3.8) is 0 Å². The van der Waals surface area contributed by atoms with Crippen LogP contribution in [0.15, 0.2) is 18.2 Å². The largest absolute Gasteiger partial charge is 0.497 e. The van der Waals surface area contributed by atoms with Gasteiger partial charge in [0.25, 0.3) is 0 Å². The molecular formula is C15H24N2O3. The molecule has 0 unspecified atom stereocenters. The van der Waals surface area contributed by atoms with Crippen LogP contribution in [-0.4, -0.2) is 37.2 Å². The van der Waals surface area contributed by atoms with E-state index in [2.05, 4.69) is 5.32 Å². The lowest BCUT2D eigenvalue weighted by atomic mass is 10.2. The molecule has 1 N–H and O–H groups in total. The highest BCUT2D eigenvalue weighted by Gasteiger charge is 2.21. The first-order valence-corrected chi connectivity index (χ1v) is 6.72. The number of anilines is 1. The summed E-state index contributed by atoms with van der Waals surface area (Å²) in [6.07, 6.45) is 0. The first kappa shape index (κ1) is 16.1.